The molecule has 0 N–H and O–H groups in total. The monoisotopic (exact) mass is 1010 g/mol. The van der Waals surface area contributed by atoms with Crippen LogP contribution in [0.3, 0.4) is 0 Å². The average Bonchev–Trinajstić information content (AvgIpc) is 4.12. The molecule has 0 aliphatic carbocycles. The second kappa shape index (κ2) is 16.4. The largest absolute Gasteiger partial charge is 0.455 e. The van der Waals surface area contributed by atoms with Gasteiger partial charge in [-0.3, -0.25) is 0 Å². The van der Waals surface area contributed by atoms with E-state index >= 15 is 0 Å². The molecule has 9 heteroatoms. The summed E-state index contributed by atoms with van der Waals surface area (Å²) in [5.74, 6) is 0. The molecule has 0 atom stereocenters. The Morgan fingerprint density at radius 2 is 0.785 bits per heavy atom. The summed E-state index contributed by atoms with van der Waals surface area (Å²) < 4.78 is 20.2. The number of benzene rings is 11. The van der Waals surface area contributed by atoms with Crippen molar-refractivity contribution in [1.29, 1.82) is 21.0 Å². The van der Waals surface area contributed by atoms with Crippen LogP contribution in [0, 0.1) is 45.3 Å². The van der Waals surface area contributed by atoms with Gasteiger partial charge >= 0.3 is 0 Å². The summed E-state index contributed by atoms with van der Waals surface area (Å²) in [6.07, 6.45) is 0. The van der Waals surface area contributed by atoms with E-state index in [4.69, 9.17) is 8.83 Å². The topological polar surface area (TPSA) is 136 Å². The normalized spacial score (nSPS) is 11.7. The Morgan fingerprint density at radius 3 is 1.47 bits per heavy atom. The number of rotatable bonds is 5. The molecule has 0 fully saturated rings. The van der Waals surface area contributed by atoms with Gasteiger partial charge in [0.1, 0.15) is 46.6 Å². The van der Waals surface area contributed by atoms with E-state index in [-0.39, 0.29) is 0 Å². The molecule has 5 heterocycles. The van der Waals surface area contributed by atoms with Crippen molar-refractivity contribution in [2.24, 2.45) is 0 Å². The van der Waals surface area contributed by atoms with Crippen molar-refractivity contribution in [3.8, 4) is 63.6 Å². The molecule has 16 aromatic rings. The van der Waals surface area contributed by atoms with Crippen LogP contribution in [-0.4, -0.2) is 13.7 Å². The lowest BCUT2D eigenvalue weighted by atomic mass is 9.97. The fraction of sp³-hybridized carbons (Fsp3) is 0. The standard InChI is InChI=1S/C70H35N7O2/c71-36-43-13-8-14-44(37-72)67(43)76-58-28-23-41(40-11-2-1-3-12-40)33-54(58)65-61(76)32-27-52-64-48(19-10-22-63(64)79-70(52)65)42-24-29-57-53(34-42)49-17-4-6-20-56(49)75(57)47-25-30-59-55(35-47)66-60(77(59)68-45(38-73)15-9-16-46(68)39-74)31-26-51-50-18-5-7-21-62(50)78-69(51)66/h1-35H. The minimum Gasteiger partial charge on any atom is -0.455 e. The first kappa shape index (κ1) is 43.7. The number of hydrogen-bond donors (Lipinski definition) is 0. The molecule has 0 aliphatic rings. The number of fused-ring (bicyclic) bond motifs is 17. The molecular formula is C70H35N7O2. The molecule has 0 unspecified atom stereocenters. The highest BCUT2D eigenvalue weighted by atomic mass is 16.3. The van der Waals surface area contributed by atoms with E-state index in [9.17, 15) is 21.0 Å². The van der Waals surface area contributed by atoms with Crippen LogP contribution in [0.25, 0.3) is 149 Å². The van der Waals surface area contributed by atoms with Crippen molar-refractivity contribution >= 4 is 109 Å². The zero-order valence-electron chi connectivity index (χ0n) is 41.7. The maximum Gasteiger partial charge on any atom is 0.145 e. The minimum atomic E-state index is 0.399. The lowest BCUT2D eigenvalue weighted by molar-refractivity contribution is 0.672. The quantitative estimate of drug-likeness (QED) is 0.168. The molecule has 5 aromatic heterocycles. The van der Waals surface area contributed by atoms with Crippen LogP contribution in [-0.2, 0) is 0 Å². The van der Waals surface area contributed by atoms with Gasteiger partial charge in [-0.15, -0.1) is 0 Å². The molecule has 0 bridgehead atoms. The smallest absolute Gasteiger partial charge is 0.145 e. The Hall–Kier alpha value is -11.6. The summed E-state index contributed by atoms with van der Waals surface area (Å²) in [6.45, 7) is 0. The van der Waals surface area contributed by atoms with Crippen molar-refractivity contribution in [2.45, 2.75) is 0 Å². The van der Waals surface area contributed by atoms with E-state index in [1.807, 2.05) is 57.7 Å². The first-order valence-corrected chi connectivity index (χ1v) is 25.8. The minimum absolute atomic E-state index is 0.399. The van der Waals surface area contributed by atoms with Gasteiger partial charge in [-0.1, -0.05) is 103 Å². The number of para-hydroxylation sites is 4. The zero-order chi connectivity index (χ0) is 52.6. The number of nitrogens with zero attached hydrogens (tertiary/aromatic N) is 7. The van der Waals surface area contributed by atoms with E-state index in [0.29, 0.717) is 33.6 Å². The Morgan fingerprint density at radius 1 is 0.291 bits per heavy atom. The lowest BCUT2D eigenvalue weighted by Crippen LogP contribution is -2.01. The van der Waals surface area contributed by atoms with E-state index < -0.39 is 0 Å². The Kier molecular flexibility index (Phi) is 9.10. The average molecular weight is 1010 g/mol. The summed E-state index contributed by atoms with van der Waals surface area (Å²) in [6, 6.07) is 80.8. The second-order valence-corrected chi connectivity index (χ2v) is 20.0. The molecule has 0 amide bonds. The number of furan rings is 2. The third-order valence-corrected chi connectivity index (χ3v) is 16.0. The first-order valence-electron chi connectivity index (χ1n) is 25.8. The van der Waals surface area contributed by atoms with Crippen molar-refractivity contribution in [3.63, 3.8) is 0 Å². The molecule has 0 saturated heterocycles. The molecular weight excluding hydrogens is 971 g/mol. The number of nitriles is 4. The molecule has 9 nitrogen and oxygen atoms in total. The van der Waals surface area contributed by atoms with Gasteiger partial charge in [0, 0.05) is 48.8 Å². The van der Waals surface area contributed by atoms with Crippen LogP contribution in [0.15, 0.2) is 221 Å². The first-order chi connectivity index (χ1) is 39.0. The van der Waals surface area contributed by atoms with E-state index in [1.54, 1.807) is 36.4 Å². The van der Waals surface area contributed by atoms with Gasteiger partial charge in [-0.05, 0) is 131 Å². The summed E-state index contributed by atoms with van der Waals surface area (Å²) >= 11 is 0. The molecule has 79 heavy (non-hydrogen) atoms. The third-order valence-electron chi connectivity index (χ3n) is 16.0. The number of aromatic nitrogens is 3. The van der Waals surface area contributed by atoms with Gasteiger partial charge in [0.2, 0.25) is 0 Å². The maximum atomic E-state index is 10.5. The molecule has 362 valence electrons. The van der Waals surface area contributed by atoms with Gasteiger partial charge in [0.15, 0.2) is 0 Å². The van der Waals surface area contributed by atoms with Crippen molar-refractivity contribution < 1.29 is 8.83 Å². The highest BCUT2D eigenvalue weighted by molar-refractivity contribution is 6.27. The van der Waals surface area contributed by atoms with Crippen LogP contribution < -0.4 is 0 Å². The van der Waals surface area contributed by atoms with Gasteiger partial charge in [0.25, 0.3) is 0 Å². The van der Waals surface area contributed by atoms with Crippen molar-refractivity contribution in [2.75, 3.05) is 0 Å². The Balaban J connectivity index is 0.920. The SMILES string of the molecule is N#Cc1cccc(C#N)c1-n1c2ccc(-n3c4ccccc4c4cc(-c5cccc6oc7c(ccc8c7c7cc(-c9ccccc9)ccc7n8-c7c(C#N)cccc7C#N)c56)ccc43)cc2c2c3oc4ccccc4c3ccc21. The van der Waals surface area contributed by atoms with Crippen LogP contribution in [0.2, 0.25) is 0 Å². The molecule has 0 saturated carbocycles. The van der Waals surface area contributed by atoms with Gasteiger partial charge in [-0.25, -0.2) is 0 Å². The summed E-state index contributed by atoms with van der Waals surface area (Å²) in [5.41, 5.74) is 16.1. The Labute approximate surface area is 448 Å². The van der Waals surface area contributed by atoms with Crippen LogP contribution in [0.1, 0.15) is 22.3 Å². The van der Waals surface area contributed by atoms with Gasteiger partial charge in [-0.2, -0.15) is 21.0 Å². The summed E-state index contributed by atoms with van der Waals surface area (Å²) in [4.78, 5) is 0. The van der Waals surface area contributed by atoms with Gasteiger partial charge in [0.05, 0.1) is 77.5 Å². The van der Waals surface area contributed by atoms with E-state index in [0.717, 1.165) is 137 Å². The highest BCUT2D eigenvalue weighted by Crippen LogP contribution is 2.47. The lowest BCUT2D eigenvalue weighted by Gasteiger charge is -2.12. The predicted octanol–water partition coefficient (Wildman–Crippen LogP) is 17.6. The summed E-state index contributed by atoms with van der Waals surface area (Å²) in [7, 11) is 0. The molecule has 0 radical (unpaired) electrons. The fourth-order valence-corrected chi connectivity index (χ4v) is 12.7. The van der Waals surface area contributed by atoms with Crippen LogP contribution in [0.4, 0.5) is 0 Å². The van der Waals surface area contributed by atoms with E-state index in [2.05, 4.69) is 156 Å². The molecule has 16 rings (SSSR count). The molecule has 0 spiro atoms. The van der Waals surface area contributed by atoms with Crippen LogP contribution in [0.5, 0.6) is 0 Å². The predicted molar refractivity (Wildman–Crippen MR) is 314 cm³/mol. The third kappa shape index (κ3) is 6.04. The fourth-order valence-electron chi connectivity index (χ4n) is 12.7. The Bertz CT molecular complexity index is 5500. The number of hydrogen-bond acceptors (Lipinski definition) is 6. The highest BCUT2D eigenvalue weighted by Gasteiger charge is 2.26. The van der Waals surface area contributed by atoms with Gasteiger partial charge < -0.3 is 22.5 Å². The maximum absolute atomic E-state index is 10.5. The zero-order valence-corrected chi connectivity index (χ0v) is 41.7. The van der Waals surface area contributed by atoms with Crippen LogP contribution >= 0.6 is 0 Å². The van der Waals surface area contributed by atoms with Crippen molar-refractivity contribution in [1.82, 2.24) is 13.7 Å². The summed E-state index contributed by atoms with van der Waals surface area (Å²) in [5, 5.41) is 51.5. The molecule has 0 aliphatic heterocycles. The van der Waals surface area contributed by atoms with E-state index in [1.165, 1.54) is 0 Å². The van der Waals surface area contributed by atoms with Crippen molar-refractivity contribution in [3.05, 3.63) is 235 Å². The second-order valence-electron chi connectivity index (χ2n) is 20.0. The molecule has 11 aromatic carbocycles.